The lowest BCUT2D eigenvalue weighted by molar-refractivity contribution is -0.121. The summed E-state index contributed by atoms with van der Waals surface area (Å²) in [7, 11) is 0. The maximum Gasteiger partial charge on any atom is 0.221 e. The molecule has 1 amide bonds. The minimum absolute atomic E-state index is 0. The van der Waals surface area contributed by atoms with E-state index in [-0.39, 0.29) is 42.8 Å². The first-order valence-corrected chi connectivity index (χ1v) is 7.56. The molecule has 0 spiro atoms. The molecule has 2 unspecified atom stereocenters. The van der Waals surface area contributed by atoms with Gasteiger partial charge in [0, 0.05) is 32.1 Å². The first-order valence-electron chi connectivity index (χ1n) is 7.56. The molecule has 1 aliphatic heterocycles. The van der Waals surface area contributed by atoms with Crippen LogP contribution in [0.3, 0.4) is 0 Å². The first-order chi connectivity index (χ1) is 10.2. The van der Waals surface area contributed by atoms with Gasteiger partial charge in [0.15, 0.2) is 0 Å². The number of nitrogens with two attached hydrogens (primary N) is 1. The second-order valence-electron chi connectivity index (χ2n) is 5.56. The van der Waals surface area contributed by atoms with Gasteiger partial charge in [-0.3, -0.25) is 9.69 Å². The zero-order valence-corrected chi connectivity index (χ0v) is 15.1. The van der Waals surface area contributed by atoms with Crippen molar-refractivity contribution >= 4 is 30.7 Å². The Bertz CT molecular complexity index is 440. The topological polar surface area (TPSA) is 67.6 Å². The van der Waals surface area contributed by atoms with Gasteiger partial charge in [0.2, 0.25) is 5.91 Å². The van der Waals surface area contributed by atoms with Crippen LogP contribution in [0.4, 0.5) is 0 Å². The molecule has 1 fully saturated rings. The number of hydrogen-bond acceptors (Lipinski definition) is 4. The fraction of sp³-hybridized carbons (Fsp3) is 0.562. The highest BCUT2D eigenvalue weighted by atomic mass is 35.5. The number of ether oxygens (including phenoxy) is 1. The molecule has 1 saturated heterocycles. The van der Waals surface area contributed by atoms with Gasteiger partial charge in [-0.05, 0) is 12.5 Å². The standard InChI is InChI=1S/C16H25N3O2.2ClH/c1-13(17)11-16(20)18-12-15(14-5-3-2-4-6-14)19-7-9-21-10-8-19;;/h2-6,13,15H,7-12,17H2,1H3,(H,18,20);2*1H. The van der Waals surface area contributed by atoms with Gasteiger partial charge < -0.3 is 15.8 Å². The van der Waals surface area contributed by atoms with Crippen LogP contribution in [0, 0.1) is 0 Å². The third kappa shape index (κ3) is 7.50. The van der Waals surface area contributed by atoms with E-state index in [0.29, 0.717) is 13.0 Å². The second-order valence-corrected chi connectivity index (χ2v) is 5.56. The first kappa shape index (κ1) is 22.1. The predicted molar refractivity (Wildman–Crippen MR) is 97.3 cm³/mol. The van der Waals surface area contributed by atoms with Gasteiger partial charge in [-0.2, -0.15) is 0 Å². The van der Waals surface area contributed by atoms with Crippen molar-refractivity contribution in [2.45, 2.75) is 25.4 Å². The summed E-state index contributed by atoms with van der Waals surface area (Å²) in [5.74, 6) is 0.0131. The summed E-state index contributed by atoms with van der Waals surface area (Å²) in [5.41, 5.74) is 6.89. The molecule has 2 atom stereocenters. The summed E-state index contributed by atoms with van der Waals surface area (Å²) < 4.78 is 5.42. The van der Waals surface area contributed by atoms with Crippen molar-refractivity contribution in [3.05, 3.63) is 35.9 Å². The van der Waals surface area contributed by atoms with E-state index in [1.165, 1.54) is 5.56 Å². The summed E-state index contributed by atoms with van der Waals surface area (Å²) in [6.07, 6.45) is 0.366. The normalized spacial score (nSPS) is 17.3. The lowest BCUT2D eigenvalue weighted by Crippen LogP contribution is -2.44. The number of nitrogens with zero attached hydrogens (tertiary/aromatic N) is 1. The minimum atomic E-state index is -0.108. The van der Waals surface area contributed by atoms with Gasteiger partial charge in [-0.1, -0.05) is 30.3 Å². The fourth-order valence-electron chi connectivity index (χ4n) is 2.60. The van der Waals surface area contributed by atoms with Crippen LogP contribution in [0.25, 0.3) is 0 Å². The van der Waals surface area contributed by atoms with E-state index in [4.69, 9.17) is 10.5 Å². The van der Waals surface area contributed by atoms with Gasteiger partial charge >= 0.3 is 0 Å². The van der Waals surface area contributed by atoms with Crippen molar-refractivity contribution in [1.29, 1.82) is 0 Å². The monoisotopic (exact) mass is 363 g/mol. The maximum atomic E-state index is 11.8. The lowest BCUT2D eigenvalue weighted by atomic mass is 10.0. The molecule has 0 aromatic heterocycles. The van der Waals surface area contributed by atoms with Crippen LogP contribution in [0.2, 0.25) is 0 Å². The zero-order chi connectivity index (χ0) is 15.1. The highest BCUT2D eigenvalue weighted by Crippen LogP contribution is 2.21. The molecular formula is C16H27Cl2N3O2. The van der Waals surface area contributed by atoms with E-state index in [1.54, 1.807) is 0 Å². The molecule has 2 rings (SSSR count). The molecule has 23 heavy (non-hydrogen) atoms. The minimum Gasteiger partial charge on any atom is -0.379 e. The van der Waals surface area contributed by atoms with E-state index >= 15 is 0 Å². The Morgan fingerprint density at radius 3 is 2.43 bits per heavy atom. The number of carbonyl (C=O) groups is 1. The molecule has 0 bridgehead atoms. The van der Waals surface area contributed by atoms with E-state index in [1.807, 2.05) is 25.1 Å². The SMILES string of the molecule is CC(N)CC(=O)NCC(c1ccccc1)N1CCOCC1.Cl.Cl. The van der Waals surface area contributed by atoms with Crippen LogP contribution in [0.5, 0.6) is 0 Å². The van der Waals surface area contributed by atoms with E-state index in [0.717, 1.165) is 26.3 Å². The maximum absolute atomic E-state index is 11.8. The molecule has 3 N–H and O–H groups in total. The Morgan fingerprint density at radius 2 is 1.87 bits per heavy atom. The Balaban J connectivity index is 0.00000242. The van der Waals surface area contributed by atoms with Crippen molar-refractivity contribution in [2.75, 3.05) is 32.8 Å². The summed E-state index contributed by atoms with van der Waals surface area (Å²) in [5, 5.41) is 3.01. The third-order valence-electron chi connectivity index (χ3n) is 3.67. The molecule has 132 valence electrons. The molecule has 5 nitrogen and oxygen atoms in total. The number of rotatable bonds is 6. The lowest BCUT2D eigenvalue weighted by Gasteiger charge is -2.35. The summed E-state index contributed by atoms with van der Waals surface area (Å²) in [4.78, 5) is 14.2. The van der Waals surface area contributed by atoms with Crippen LogP contribution < -0.4 is 11.1 Å². The Kier molecular flexibility index (Phi) is 11.2. The smallest absolute Gasteiger partial charge is 0.221 e. The second kappa shape index (κ2) is 11.6. The molecule has 0 radical (unpaired) electrons. The van der Waals surface area contributed by atoms with Gasteiger partial charge in [0.1, 0.15) is 0 Å². The molecule has 1 aromatic rings. The van der Waals surface area contributed by atoms with E-state index in [9.17, 15) is 4.79 Å². The van der Waals surface area contributed by atoms with Crippen LogP contribution in [0.15, 0.2) is 30.3 Å². The number of hydrogen-bond donors (Lipinski definition) is 2. The average Bonchev–Trinajstić information content (AvgIpc) is 2.49. The zero-order valence-electron chi connectivity index (χ0n) is 13.4. The Hall–Kier alpha value is -0.850. The highest BCUT2D eigenvalue weighted by molar-refractivity contribution is 5.85. The van der Waals surface area contributed by atoms with Gasteiger partial charge in [-0.15, -0.1) is 24.8 Å². The van der Waals surface area contributed by atoms with Crippen LogP contribution >= 0.6 is 24.8 Å². The van der Waals surface area contributed by atoms with Crippen molar-refractivity contribution < 1.29 is 9.53 Å². The van der Waals surface area contributed by atoms with Gasteiger partial charge in [-0.25, -0.2) is 0 Å². The summed E-state index contributed by atoms with van der Waals surface area (Å²) >= 11 is 0. The highest BCUT2D eigenvalue weighted by Gasteiger charge is 2.23. The number of amides is 1. The Labute approximate surface area is 150 Å². The summed E-state index contributed by atoms with van der Waals surface area (Å²) in [6.45, 7) is 5.73. The molecule has 1 aliphatic rings. The van der Waals surface area contributed by atoms with Crippen molar-refractivity contribution in [1.82, 2.24) is 10.2 Å². The number of benzene rings is 1. The molecule has 1 heterocycles. The van der Waals surface area contributed by atoms with E-state index < -0.39 is 0 Å². The van der Waals surface area contributed by atoms with Crippen LogP contribution in [0.1, 0.15) is 24.9 Å². The number of carbonyl (C=O) groups excluding carboxylic acids is 1. The van der Waals surface area contributed by atoms with Crippen molar-refractivity contribution in [2.24, 2.45) is 5.73 Å². The largest absolute Gasteiger partial charge is 0.379 e. The van der Waals surface area contributed by atoms with Crippen molar-refractivity contribution in [3.63, 3.8) is 0 Å². The Morgan fingerprint density at radius 1 is 1.26 bits per heavy atom. The van der Waals surface area contributed by atoms with Gasteiger partial charge in [0.05, 0.1) is 19.3 Å². The molecule has 0 saturated carbocycles. The molecule has 0 aliphatic carbocycles. The number of morpholine rings is 1. The molecular weight excluding hydrogens is 337 g/mol. The molecule has 1 aromatic carbocycles. The van der Waals surface area contributed by atoms with E-state index in [2.05, 4.69) is 22.3 Å². The average molecular weight is 364 g/mol. The van der Waals surface area contributed by atoms with Gasteiger partial charge in [0.25, 0.3) is 0 Å². The predicted octanol–water partition coefficient (Wildman–Crippen LogP) is 1.76. The quantitative estimate of drug-likeness (QED) is 0.807. The van der Waals surface area contributed by atoms with Crippen LogP contribution in [-0.4, -0.2) is 49.7 Å². The fourth-order valence-corrected chi connectivity index (χ4v) is 2.60. The van der Waals surface area contributed by atoms with Crippen LogP contribution in [-0.2, 0) is 9.53 Å². The van der Waals surface area contributed by atoms with Crippen molar-refractivity contribution in [3.8, 4) is 0 Å². The molecule has 7 heteroatoms. The number of nitrogens with one attached hydrogen (secondary N) is 1. The third-order valence-corrected chi connectivity index (χ3v) is 3.67. The summed E-state index contributed by atoms with van der Waals surface area (Å²) in [6, 6.07) is 10.4. The number of halogens is 2.